The Morgan fingerprint density at radius 3 is 2.62 bits per heavy atom. The third kappa shape index (κ3) is 5.59. The highest BCUT2D eigenvalue weighted by atomic mass is 32.1. The molecule has 0 radical (unpaired) electrons. The highest BCUT2D eigenvalue weighted by molar-refractivity contribution is 7.17. The molecule has 0 bridgehead atoms. The van der Waals surface area contributed by atoms with Gasteiger partial charge in [0.2, 0.25) is 0 Å². The fraction of sp³-hybridized carbons (Fsp3) is 0.450. The smallest absolute Gasteiger partial charge is 0.351 e. The summed E-state index contributed by atoms with van der Waals surface area (Å²) in [5.41, 5.74) is -0.214. The molecule has 1 amide bonds. The van der Waals surface area contributed by atoms with Gasteiger partial charge in [-0.1, -0.05) is 45.2 Å². The van der Waals surface area contributed by atoms with Crippen molar-refractivity contribution in [2.45, 2.75) is 45.7 Å². The third-order valence-corrected chi connectivity index (χ3v) is 5.53. The van der Waals surface area contributed by atoms with Gasteiger partial charge in [0.1, 0.15) is 0 Å². The second kappa shape index (κ2) is 9.21. The Morgan fingerprint density at radius 1 is 1.19 bits per heavy atom. The Balaban J connectivity index is 2.04. The van der Waals surface area contributed by atoms with Gasteiger partial charge in [-0.25, -0.2) is 0 Å². The molecular weight excluding hydrogens is 359 g/mol. The van der Waals surface area contributed by atoms with Gasteiger partial charge < -0.3 is 5.32 Å². The molecule has 142 valence electrons. The molecule has 2 nitrogen and oxygen atoms in total. The monoisotopic (exact) mass is 383 g/mol. The summed E-state index contributed by atoms with van der Waals surface area (Å²) in [5, 5.41) is 2.95. The Hall–Kier alpha value is -1.82. The van der Waals surface area contributed by atoms with Crippen LogP contribution in [0.5, 0.6) is 0 Å². The van der Waals surface area contributed by atoms with Crippen LogP contribution < -0.4 is 5.32 Å². The third-order valence-electron chi connectivity index (χ3n) is 4.40. The molecule has 0 spiro atoms. The molecule has 1 aromatic heterocycles. The van der Waals surface area contributed by atoms with Crippen LogP contribution >= 0.6 is 11.3 Å². The van der Waals surface area contributed by atoms with Gasteiger partial charge in [0.15, 0.2) is 0 Å². The van der Waals surface area contributed by atoms with E-state index < -0.39 is 11.7 Å². The lowest BCUT2D eigenvalue weighted by Crippen LogP contribution is -2.28. The number of unbranched alkanes of at least 4 members (excludes halogenated alkanes) is 1. The van der Waals surface area contributed by atoms with Crippen molar-refractivity contribution < 1.29 is 18.0 Å². The van der Waals surface area contributed by atoms with Crippen molar-refractivity contribution in [3.05, 3.63) is 46.8 Å². The van der Waals surface area contributed by atoms with Gasteiger partial charge >= 0.3 is 6.18 Å². The van der Waals surface area contributed by atoms with Crippen molar-refractivity contribution in [2.75, 3.05) is 6.54 Å². The molecule has 0 unspecified atom stereocenters. The van der Waals surface area contributed by atoms with Crippen molar-refractivity contribution >= 4 is 17.2 Å². The molecular formula is C20H24F3NOS. The fourth-order valence-corrected chi connectivity index (χ4v) is 3.65. The molecule has 0 fully saturated rings. The van der Waals surface area contributed by atoms with Crippen molar-refractivity contribution in [1.29, 1.82) is 0 Å². The average molecular weight is 383 g/mol. The number of carbonyl (C=O) groups excluding carboxylic acids is 1. The minimum atomic E-state index is -4.37. The Bertz CT molecular complexity index is 724. The number of benzene rings is 1. The lowest BCUT2D eigenvalue weighted by atomic mass is 9.99. The summed E-state index contributed by atoms with van der Waals surface area (Å²) in [5.74, 6) is 0.296. The number of halogens is 3. The number of nitrogens with one attached hydrogen (secondary N) is 1. The van der Waals surface area contributed by atoms with Gasteiger partial charge in [0.25, 0.3) is 5.91 Å². The molecule has 26 heavy (non-hydrogen) atoms. The predicted octanol–water partition coefficient (Wildman–Crippen LogP) is 6.38. The minimum Gasteiger partial charge on any atom is -0.351 e. The zero-order chi connectivity index (χ0) is 19.2. The number of thiophene rings is 1. The van der Waals surface area contributed by atoms with Crippen LogP contribution in [0.3, 0.4) is 0 Å². The molecule has 1 atom stereocenters. The van der Waals surface area contributed by atoms with Gasteiger partial charge in [-0.15, -0.1) is 11.3 Å². The lowest BCUT2D eigenvalue weighted by Gasteiger charge is -2.14. The van der Waals surface area contributed by atoms with E-state index in [0.717, 1.165) is 37.8 Å². The number of hydrogen-bond donors (Lipinski definition) is 1. The maximum Gasteiger partial charge on any atom is 0.416 e. The van der Waals surface area contributed by atoms with Gasteiger partial charge in [0, 0.05) is 11.4 Å². The number of amides is 1. The molecule has 1 aromatic carbocycles. The van der Waals surface area contributed by atoms with Gasteiger partial charge in [-0.2, -0.15) is 13.2 Å². The largest absolute Gasteiger partial charge is 0.416 e. The molecule has 1 heterocycles. The van der Waals surface area contributed by atoms with E-state index in [1.165, 1.54) is 17.4 Å². The lowest BCUT2D eigenvalue weighted by molar-refractivity contribution is -0.137. The quantitative estimate of drug-likeness (QED) is 0.563. The van der Waals surface area contributed by atoms with Crippen LogP contribution in [-0.4, -0.2) is 12.5 Å². The van der Waals surface area contributed by atoms with E-state index in [2.05, 4.69) is 19.2 Å². The van der Waals surface area contributed by atoms with Gasteiger partial charge in [0.05, 0.1) is 10.4 Å². The summed E-state index contributed by atoms with van der Waals surface area (Å²) in [4.78, 5) is 13.5. The number of hydrogen-bond acceptors (Lipinski definition) is 2. The van der Waals surface area contributed by atoms with Crippen LogP contribution in [0.25, 0.3) is 10.4 Å². The van der Waals surface area contributed by atoms with E-state index in [1.807, 2.05) is 0 Å². The van der Waals surface area contributed by atoms with Crippen molar-refractivity contribution in [2.24, 2.45) is 5.92 Å². The summed E-state index contributed by atoms with van der Waals surface area (Å²) >= 11 is 1.21. The molecule has 0 aliphatic heterocycles. The maximum absolute atomic E-state index is 12.9. The Labute approximate surface area is 156 Å². The number of rotatable bonds is 8. The Kier molecular flexibility index (Phi) is 7.26. The van der Waals surface area contributed by atoms with Crippen LogP contribution in [0.15, 0.2) is 36.4 Å². The zero-order valence-electron chi connectivity index (χ0n) is 15.0. The summed E-state index contributed by atoms with van der Waals surface area (Å²) in [7, 11) is 0. The first-order chi connectivity index (χ1) is 12.3. The van der Waals surface area contributed by atoms with E-state index in [0.29, 0.717) is 27.8 Å². The van der Waals surface area contributed by atoms with Crippen LogP contribution in [0.4, 0.5) is 13.2 Å². The maximum atomic E-state index is 12.9. The van der Waals surface area contributed by atoms with E-state index in [9.17, 15) is 18.0 Å². The standard InChI is InChI=1S/C20H24F3NOS/c1-3-5-7-14(4-2)13-24-19(25)18-11-10-17(26-18)15-8-6-9-16(12-15)20(21,22)23/h6,8-12,14H,3-5,7,13H2,1-2H3,(H,24,25)/t14-/m1/s1. The molecule has 2 aromatic rings. The molecule has 1 N–H and O–H groups in total. The van der Waals surface area contributed by atoms with Gasteiger partial charge in [-0.05, 0) is 42.2 Å². The number of carbonyl (C=O) groups is 1. The van der Waals surface area contributed by atoms with Crippen LogP contribution in [-0.2, 0) is 6.18 Å². The van der Waals surface area contributed by atoms with Crippen LogP contribution in [0.2, 0.25) is 0 Å². The zero-order valence-corrected chi connectivity index (χ0v) is 15.8. The fourth-order valence-electron chi connectivity index (χ4n) is 2.73. The minimum absolute atomic E-state index is 0.164. The van der Waals surface area contributed by atoms with Crippen molar-refractivity contribution in [1.82, 2.24) is 5.32 Å². The molecule has 6 heteroatoms. The second-order valence-electron chi connectivity index (χ2n) is 6.37. The van der Waals surface area contributed by atoms with E-state index >= 15 is 0 Å². The Morgan fingerprint density at radius 2 is 1.96 bits per heavy atom. The molecule has 0 saturated carbocycles. The van der Waals surface area contributed by atoms with Crippen LogP contribution in [0, 0.1) is 5.92 Å². The summed E-state index contributed by atoms with van der Waals surface area (Å²) in [6.45, 7) is 4.89. The van der Waals surface area contributed by atoms with E-state index in [1.54, 1.807) is 18.2 Å². The van der Waals surface area contributed by atoms with E-state index in [-0.39, 0.29) is 5.91 Å². The normalized spacial score (nSPS) is 12.8. The molecule has 0 saturated heterocycles. The first kappa shape index (κ1) is 20.5. The van der Waals surface area contributed by atoms with Crippen molar-refractivity contribution in [3.8, 4) is 10.4 Å². The average Bonchev–Trinajstić information content (AvgIpc) is 3.11. The highest BCUT2D eigenvalue weighted by Gasteiger charge is 2.30. The van der Waals surface area contributed by atoms with E-state index in [4.69, 9.17) is 0 Å². The highest BCUT2D eigenvalue weighted by Crippen LogP contribution is 2.34. The SMILES string of the molecule is CCCC[C@@H](CC)CNC(=O)c1ccc(-c2cccc(C(F)(F)F)c2)s1. The first-order valence-electron chi connectivity index (χ1n) is 8.90. The summed E-state index contributed by atoms with van der Waals surface area (Å²) in [6, 6.07) is 8.54. The van der Waals surface area contributed by atoms with Crippen LogP contribution in [0.1, 0.15) is 54.8 Å². The topological polar surface area (TPSA) is 29.1 Å². The van der Waals surface area contributed by atoms with Crippen molar-refractivity contribution in [3.63, 3.8) is 0 Å². The second-order valence-corrected chi connectivity index (χ2v) is 7.45. The number of alkyl halides is 3. The molecule has 0 aliphatic rings. The van der Waals surface area contributed by atoms with Gasteiger partial charge in [-0.3, -0.25) is 4.79 Å². The molecule has 0 aliphatic carbocycles. The predicted molar refractivity (Wildman–Crippen MR) is 100 cm³/mol. The summed E-state index contributed by atoms with van der Waals surface area (Å²) < 4.78 is 38.6. The summed E-state index contributed by atoms with van der Waals surface area (Å²) in [6.07, 6.45) is 0.0112. The molecule has 2 rings (SSSR count). The first-order valence-corrected chi connectivity index (χ1v) is 9.72.